The topological polar surface area (TPSA) is 21.3 Å². The van der Waals surface area contributed by atoms with Crippen LogP contribution in [-0.4, -0.2) is 19.2 Å². The first kappa shape index (κ1) is 12.6. The molecule has 2 rings (SSSR count). The van der Waals surface area contributed by atoms with E-state index in [0.29, 0.717) is 6.10 Å². The Balaban J connectivity index is 0.00000112. The Kier molecular flexibility index (Phi) is 5.23. The minimum atomic E-state index is 0. The molecule has 84 valence electrons. The number of piperidine rings is 1. The maximum atomic E-state index is 5.79. The van der Waals surface area contributed by atoms with Crippen LogP contribution in [0.5, 0.6) is 5.75 Å². The minimum Gasteiger partial charge on any atom is -0.489 e. The van der Waals surface area contributed by atoms with Gasteiger partial charge in [-0.2, -0.15) is 0 Å². The summed E-state index contributed by atoms with van der Waals surface area (Å²) in [6.07, 6.45) is 2.64. The van der Waals surface area contributed by atoms with E-state index in [-0.39, 0.29) is 12.4 Å². The molecule has 0 bridgehead atoms. The number of rotatable bonds is 2. The number of halogens is 2. The zero-order valence-electron chi connectivity index (χ0n) is 8.41. The Morgan fingerprint density at radius 3 is 2.60 bits per heavy atom. The van der Waals surface area contributed by atoms with Crippen LogP contribution >= 0.6 is 24.0 Å². The van der Waals surface area contributed by atoms with E-state index in [2.05, 4.69) is 5.32 Å². The average Bonchev–Trinajstić information content (AvgIpc) is 2.23. The van der Waals surface area contributed by atoms with Gasteiger partial charge in [-0.25, -0.2) is 0 Å². The highest BCUT2D eigenvalue weighted by Gasteiger charge is 2.13. The lowest BCUT2D eigenvalue weighted by Crippen LogP contribution is -2.37. The minimum absolute atomic E-state index is 0. The van der Waals surface area contributed by atoms with Crippen molar-refractivity contribution in [2.45, 2.75) is 18.9 Å². The van der Waals surface area contributed by atoms with Crippen LogP contribution in [-0.2, 0) is 0 Å². The van der Waals surface area contributed by atoms with Crippen LogP contribution in [0.3, 0.4) is 0 Å². The van der Waals surface area contributed by atoms with E-state index in [1.165, 1.54) is 6.42 Å². The van der Waals surface area contributed by atoms with Gasteiger partial charge >= 0.3 is 0 Å². The summed E-state index contributed by atoms with van der Waals surface area (Å²) in [5.41, 5.74) is 0. The van der Waals surface area contributed by atoms with Crippen molar-refractivity contribution in [3.8, 4) is 5.75 Å². The van der Waals surface area contributed by atoms with E-state index >= 15 is 0 Å². The van der Waals surface area contributed by atoms with E-state index in [0.717, 1.165) is 30.3 Å². The normalized spacial score (nSPS) is 20.5. The molecule has 1 aromatic rings. The molecule has 0 amide bonds. The van der Waals surface area contributed by atoms with E-state index < -0.39 is 0 Å². The fourth-order valence-electron chi connectivity index (χ4n) is 1.63. The fraction of sp³-hybridized carbons (Fsp3) is 0.455. The highest BCUT2D eigenvalue weighted by atomic mass is 35.5. The average molecular weight is 248 g/mol. The van der Waals surface area contributed by atoms with E-state index in [1.807, 2.05) is 24.3 Å². The summed E-state index contributed by atoms with van der Waals surface area (Å²) in [5.74, 6) is 0.906. The molecule has 0 saturated carbocycles. The predicted octanol–water partition coefficient (Wildman–Crippen LogP) is 2.89. The number of ether oxygens (including phenoxy) is 1. The molecule has 15 heavy (non-hydrogen) atoms. The number of hydrogen-bond donors (Lipinski definition) is 1. The van der Waals surface area contributed by atoms with Crippen molar-refractivity contribution in [2.24, 2.45) is 0 Å². The zero-order valence-corrected chi connectivity index (χ0v) is 9.98. The zero-order chi connectivity index (χ0) is 9.80. The maximum absolute atomic E-state index is 5.79. The van der Waals surface area contributed by atoms with E-state index in [9.17, 15) is 0 Å². The van der Waals surface area contributed by atoms with Crippen molar-refractivity contribution in [3.63, 3.8) is 0 Å². The molecule has 0 radical (unpaired) electrons. The first-order valence-electron chi connectivity index (χ1n) is 4.97. The van der Waals surface area contributed by atoms with Crippen molar-refractivity contribution in [1.82, 2.24) is 5.32 Å². The van der Waals surface area contributed by atoms with Crippen LogP contribution < -0.4 is 10.1 Å². The molecular weight excluding hydrogens is 233 g/mol. The highest BCUT2D eigenvalue weighted by Crippen LogP contribution is 2.18. The smallest absolute Gasteiger partial charge is 0.119 e. The van der Waals surface area contributed by atoms with Crippen LogP contribution in [0.1, 0.15) is 12.8 Å². The third kappa shape index (κ3) is 3.90. The molecule has 0 aromatic heterocycles. The standard InChI is InChI=1S/C11H14ClNO.ClH/c12-9-3-5-10(6-4-9)14-11-2-1-7-13-8-11;/h3-6,11,13H,1-2,7-8H2;1H. The van der Waals surface area contributed by atoms with Crippen LogP contribution in [0.25, 0.3) is 0 Å². The molecule has 0 spiro atoms. The van der Waals surface area contributed by atoms with Crippen molar-refractivity contribution < 1.29 is 4.74 Å². The van der Waals surface area contributed by atoms with Crippen LogP contribution in [0.15, 0.2) is 24.3 Å². The van der Waals surface area contributed by atoms with Gasteiger partial charge in [-0.1, -0.05) is 11.6 Å². The summed E-state index contributed by atoms with van der Waals surface area (Å²) >= 11 is 5.79. The molecule has 1 heterocycles. The predicted molar refractivity (Wildman–Crippen MR) is 65.2 cm³/mol. The molecule has 1 atom stereocenters. The van der Waals surface area contributed by atoms with Crippen molar-refractivity contribution >= 4 is 24.0 Å². The molecule has 2 nitrogen and oxygen atoms in total. The van der Waals surface area contributed by atoms with Gasteiger partial charge in [0.05, 0.1) is 0 Å². The Labute approximate surface area is 101 Å². The second kappa shape index (κ2) is 6.21. The third-order valence-corrected chi connectivity index (χ3v) is 2.62. The second-order valence-electron chi connectivity index (χ2n) is 3.54. The van der Waals surface area contributed by atoms with Crippen molar-refractivity contribution in [1.29, 1.82) is 0 Å². The highest BCUT2D eigenvalue weighted by molar-refractivity contribution is 6.30. The molecule has 1 N–H and O–H groups in total. The Hall–Kier alpha value is -0.440. The maximum Gasteiger partial charge on any atom is 0.119 e. The quantitative estimate of drug-likeness (QED) is 0.868. The molecule has 1 saturated heterocycles. The number of hydrogen-bond acceptors (Lipinski definition) is 2. The molecular formula is C11H15Cl2NO. The summed E-state index contributed by atoms with van der Waals surface area (Å²) in [4.78, 5) is 0. The van der Waals surface area contributed by atoms with Crippen LogP contribution in [0.4, 0.5) is 0 Å². The molecule has 1 aliphatic rings. The lowest BCUT2D eigenvalue weighted by Gasteiger charge is -2.23. The third-order valence-electron chi connectivity index (χ3n) is 2.37. The monoisotopic (exact) mass is 247 g/mol. The van der Waals surface area contributed by atoms with Gasteiger partial charge in [0.1, 0.15) is 11.9 Å². The number of benzene rings is 1. The van der Waals surface area contributed by atoms with Gasteiger partial charge in [-0.05, 0) is 43.7 Å². The molecule has 1 aromatic carbocycles. The van der Waals surface area contributed by atoms with Gasteiger partial charge in [0.2, 0.25) is 0 Å². The van der Waals surface area contributed by atoms with Crippen molar-refractivity contribution in [2.75, 3.05) is 13.1 Å². The van der Waals surface area contributed by atoms with Gasteiger partial charge in [-0.15, -0.1) is 12.4 Å². The first-order valence-corrected chi connectivity index (χ1v) is 5.35. The Morgan fingerprint density at radius 1 is 1.27 bits per heavy atom. The second-order valence-corrected chi connectivity index (χ2v) is 3.98. The molecule has 4 heteroatoms. The first-order chi connectivity index (χ1) is 6.84. The summed E-state index contributed by atoms with van der Waals surface area (Å²) in [7, 11) is 0. The van der Waals surface area contributed by atoms with Crippen LogP contribution in [0, 0.1) is 0 Å². The molecule has 1 aliphatic heterocycles. The molecule has 1 fully saturated rings. The van der Waals surface area contributed by atoms with E-state index in [4.69, 9.17) is 16.3 Å². The summed E-state index contributed by atoms with van der Waals surface area (Å²) in [6, 6.07) is 7.54. The largest absolute Gasteiger partial charge is 0.489 e. The van der Waals surface area contributed by atoms with Gasteiger partial charge < -0.3 is 10.1 Å². The Morgan fingerprint density at radius 2 is 2.00 bits per heavy atom. The van der Waals surface area contributed by atoms with E-state index in [1.54, 1.807) is 0 Å². The summed E-state index contributed by atoms with van der Waals surface area (Å²) in [6.45, 7) is 2.06. The summed E-state index contributed by atoms with van der Waals surface area (Å²) in [5, 5.41) is 4.06. The molecule has 0 aliphatic carbocycles. The molecule has 1 unspecified atom stereocenters. The SMILES string of the molecule is Cl.Clc1ccc(OC2CCCNC2)cc1. The van der Waals surface area contributed by atoms with Crippen LogP contribution in [0.2, 0.25) is 5.02 Å². The number of nitrogens with one attached hydrogen (secondary N) is 1. The van der Waals surface area contributed by atoms with Gasteiger partial charge in [-0.3, -0.25) is 0 Å². The summed E-state index contributed by atoms with van der Waals surface area (Å²) < 4.78 is 5.79. The van der Waals surface area contributed by atoms with Crippen molar-refractivity contribution in [3.05, 3.63) is 29.3 Å². The van der Waals surface area contributed by atoms with Gasteiger partial charge in [0.25, 0.3) is 0 Å². The lowest BCUT2D eigenvalue weighted by atomic mass is 10.1. The fourth-order valence-corrected chi connectivity index (χ4v) is 1.75. The van der Waals surface area contributed by atoms with Gasteiger partial charge in [0, 0.05) is 11.6 Å². The lowest BCUT2D eigenvalue weighted by molar-refractivity contribution is 0.167. The van der Waals surface area contributed by atoms with Gasteiger partial charge in [0.15, 0.2) is 0 Å². The Bertz CT molecular complexity index is 283.